The Morgan fingerprint density at radius 2 is 2.11 bits per heavy atom. The van der Waals surface area contributed by atoms with Crippen molar-refractivity contribution in [1.82, 2.24) is 10.2 Å². The van der Waals surface area contributed by atoms with E-state index >= 15 is 0 Å². The molecule has 19 heavy (non-hydrogen) atoms. The molecule has 0 aromatic heterocycles. The van der Waals surface area contributed by atoms with E-state index in [9.17, 15) is 4.79 Å². The summed E-state index contributed by atoms with van der Waals surface area (Å²) < 4.78 is 5.07. The first-order valence-corrected chi connectivity index (χ1v) is 7.64. The maximum absolute atomic E-state index is 12.2. The number of nitrogens with zero attached hydrogens (tertiary/aromatic N) is 1. The Kier molecular flexibility index (Phi) is 4.51. The molecule has 2 saturated carbocycles. The van der Waals surface area contributed by atoms with Crippen LogP contribution in [0.2, 0.25) is 0 Å². The summed E-state index contributed by atoms with van der Waals surface area (Å²) in [6, 6.07) is 1.56. The van der Waals surface area contributed by atoms with Crippen LogP contribution >= 0.6 is 0 Å². The van der Waals surface area contributed by atoms with Gasteiger partial charge in [0.2, 0.25) is 0 Å². The van der Waals surface area contributed by atoms with Gasteiger partial charge in [-0.2, -0.15) is 0 Å². The third kappa shape index (κ3) is 3.11. The number of esters is 1. The predicted molar refractivity (Wildman–Crippen MR) is 76.1 cm³/mol. The molecule has 2 fully saturated rings. The Balaban J connectivity index is 2.07. The Hall–Kier alpha value is -0.610. The van der Waals surface area contributed by atoms with Gasteiger partial charge >= 0.3 is 5.97 Å². The molecule has 0 aromatic rings. The SMILES string of the molecule is CCN(C(C)C)C1CCC(NC2CC2)(C(=O)OC)C1. The van der Waals surface area contributed by atoms with Gasteiger partial charge in [-0.3, -0.25) is 15.0 Å². The summed E-state index contributed by atoms with van der Waals surface area (Å²) in [6.45, 7) is 7.71. The third-order valence-corrected chi connectivity index (χ3v) is 4.62. The van der Waals surface area contributed by atoms with Crippen LogP contribution in [0.25, 0.3) is 0 Å². The lowest BCUT2D eigenvalue weighted by Crippen LogP contribution is -2.53. The molecule has 0 heterocycles. The Labute approximate surface area is 116 Å². The Morgan fingerprint density at radius 3 is 2.58 bits per heavy atom. The van der Waals surface area contributed by atoms with Crippen LogP contribution in [-0.4, -0.2) is 48.2 Å². The maximum atomic E-state index is 12.2. The first kappa shape index (κ1) is 14.8. The molecule has 2 aliphatic rings. The highest BCUT2D eigenvalue weighted by Crippen LogP contribution is 2.37. The van der Waals surface area contributed by atoms with Gasteiger partial charge in [-0.05, 0) is 52.5 Å². The molecule has 0 bridgehead atoms. The highest BCUT2D eigenvalue weighted by Gasteiger charge is 2.50. The minimum Gasteiger partial charge on any atom is -0.468 e. The van der Waals surface area contributed by atoms with Crippen LogP contribution < -0.4 is 5.32 Å². The number of hydrogen-bond donors (Lipinski definition) is 1. The summed E-state index contributed by atoms with van der Waals surface area (Å²) >= 11 is 0. The first-order valence-electron chi connectivity index (χ1n) is 7.64. The molecule has 2 rings (SSSR count). The monoisotopic (exact) mass is 268 g/mol. The minimum absolute atomic E-state index is 0.0679. The second-order valence-electron chi connectivity index (χ2n) is 6.31. The lowest BCUT2D eigenvalue weighted by Gasteiger charge is -2.33. The van der Waals surface area contributed by atoms with Crippen LogP contribution in [0.3, 0.4) is 0 Å². The first-order chi connectivity index (χ1) is 9.02. The molecular weight excluding hydrogens is 240 g/mol. The minimum atomic E-state index is -0.428. The molecule has 0 radical (unpaired) electrons. The quantitative estimate of drug-likeness (QED) is 0.748. The lowest BCUT2D eigenvalue weighted by molar-refractivity contribution is -0.148. The third-order valence-electron chi connectivity index (χ3n) is 4.62. The van der Waals surface area contributed by atoms with Gasteiger partial charge in [0.1, 0.15) is 5.54 Å². The fourth-order valence-electron chi connectivity index (χ4n) is 3.54. The van der Waals surface area contributed by atoms with Crippen LogP contribution in [0.1, 0.15) is 52.9 Å². The van der Waals surface area contributed by atoms with Crippen molar-refractivity contribution in [3.8, 4) is 0 Å². The second-order valence-corrected chi connectivity index (χ2v) is 6.31. The summed E-state index contributed by atoms with van der Waals surface area (Å²) in [6.07, 6.45) is 5.28. The van der Waals surface area contributed by atoms with Crippen LogP contribution in [0.4, 0.5) is 0 Å². The van der Waals surface area contributed by atoms with E-state index < -0.39 is 5.54 Å². The summed E-state index contributed by atoms with van der Waals surface area (Å²) in [5, 5.41) is 3.56. The number of ether oxygens (including phenoxy) is 1. The normalized spacial score (nSPS) is 31.2. The van der Waals surface area contributed by atoms with Crippen molar-refractivity contribution >= 4 is 5.97 Å². The standard InChI is InChI=1S/C15H28N2O2/c1-5-17(11(2)3)13-8-9-15(10-13,14(18)19-4)16-12-6-7-12/h11-13,16H,5-10H2,1-4H3. The number of carbonyl (C=O) groups excluding carboxylic acids is 1. The van der Waals surface area contributed by atoms with Crippen molar-refractivity contribution in [3.63, 3.8) is 0 Å². The van der Waals surface area contributed by atoms with E-state index in [2.05, 4.69) is 31.0 Å². The van der Waals surface area contributed by atoms with Gasteiger partial charge < -0.3 is 4.74 Å². The van der Waals surface area contributed by atoms with Gasteiger partial charge in [-0.1, -0.05) is 6.92 Å². The Bertz CT molecular complexity index is 328. The largest absolute Gasteiger partial charge is 0.468 e. The van der Waals surface area contributed by atoms with Crippen LogP contribution in [0.15, 0.2) is 0 Å². The van der Waals surface area contributed by atoms with Crippen molar-refractivity contribution in [1.29, 1.82) is 0 Å². The van der Waals surface area contributed by atoms with Crippen molar-refractivity contribution in [2.75, 3.05) is 13.7 Å². The van der Waals surface area contributed by atoms with Crippen molar-refractivity contribution in [2.24, 2.45) is 0 Å². The van der Waals surface area contributed by atoms with E-state index in [-0.39, 0.29) is 5.97 Å². The van der Waals surface area contributed by atoms with Crippen LogP contribution in [-0.2, 0) is 9.53 Å². The van der Waals surface area contributed by atoms with Crippen LogP contribution in [0.5, 0.6) is 0 Å². The van der Waals surface area contributed by atoms with E-state index in [4.69, 9.17) is 4.74 Å². The van der Waals surface area contributed by atoms with Gasteiger partial charge in [0.05, 0.1) is 7.11 Å². The summed E-state index contributed by atoms with van der Waals surface area (Å²) in [4.78, 5) is 14.7. The summed E-state index contributed by atoms with van der Waals surface area (Å²) in [5.74, 6) is -0.0679. The molecule has 4 heteroatoms. The molecule has 0 saturated heterocycles. The fraction of sp³-hybridized carbons (Fsp3) is 0.933. The molecule has 0 aromatic carbocycles. The molecule has 2 unspecified atom stereocenters. The molecule has 0 amide bonds. The highest BCUT2D eigenvalue weighted by molar-refractivity contribution is 5.81. The maximum Gasteiger partial charge on any atom is 0.326 e. The molecule has 0 aliphatic heterocycles. The predicted octanol–water partition coefficient (Wildman–Crippen LogP) is 1.93. The Morgan fingerprint density at radius 1 is 1.42 bits per heavy atom. The zero-order valence-electron chi connectivity index (χ0n) is 12.7. The zero-order valence-corrected chi connectivity index (χ0v) is 12.7. The van der Waals surface area contributed by atoms with Gasteiger partial charge in [0.25, 0.3) is 0 Å². The molecule has 2 atom stereocenters. The number of hydrogen-bond acceptors (Lipinski definition) is 4. The number of methoxy groups -OCH3 is 1. The van der Waals surface area contributed by atoms with Crippen molar-refractivity contribution < 1.29 is 9.53 Å². The van der Waals surface area contributed by atoms with E-state index in [1.165, 1.54) is 20.0 Å². The molecular formula is C15H28N2O2. The van der Waals surface area contributed by atoms with Gasteiger partial charge in [-0.15, -0.1) is 0 Å². The number of nitrogens with one attached hydrogen (secondary N) is 1. The summed E-state index contributed by atoms with van der Waals surface area (Å²) in [5.41, 5.74) is -0.428. The lowest BCUT2D eigenvalue weighted by atomic mass is 9.96. The van der Waals surface area contributed by atoms with Crippen molar-refractivity contribution in [2.45, 2.75) is 76.5 Å². The smallest absolute Gasteiger partial charge is 0.326 e. The molecule has 2 aliphatic carbocycles. The summed E-state index contributed by atoms with van der Waals surface area (Å²) in [7, 11) is 1.51. The average Bonchev–Trinajstić information content (AvgIpc) is 3.08. The van der Waals surface area contributed by atoms with Gasteiger partial charge in [-0.25, -0.2) is 0 Å². The highest BCUT2D eigenvalue weighted by atomic mass is 16.5. The number of rotatable bonds is 6. The molecule has 0 spiro atoms. The average molecular weight is 268 g/mol. The van der Waals surface area contributed by atoms with Gasteiger partial charge in [0, 0.05) is 18.1 Å². The van der Waals surface area contributed by atoms with Gasteiger partial charge in [0.15, 0.2) is 0 Å². The van der Waals surface area contributed by atoms with Crippen LogP contribution in [0, 0.1) is 0 Å². The fourth-order valence-corrected chi connectivity index (χ4v) is 3.54. The zero-order chi connectivity index (χ0) is 14.0. The second kappa shape index (κ2) is 5.80. The topological polar surface area (TPSA) is 41.6 Å². The van der Waals surface area contributed by atoms with E-state index in [1.54, 1.807) is 0 Å². The van der Waals surface area contributed by atoms with E-state index in [0.717, 1.165) is 25.8 Å². The van der Waals surface area contributed by atoms with Crippen molar-refractivity contribution in [3.05, 3.63) is 0 Å². The molecule has 110 valence electrons. The number of carbonyl (C=O) groups is 1. The molecule has 4 nitrogen and oxygen atoms in total. The molecule has 1 N–H and O–H groups in total. The van der Waals surface area contributed by atoms with E-state index in [1.807, 2.05) is 0 Å². The van der Waals surface area contributed by atoms with E-state index in [0.29, 0.717) is 18.1 Å².